The monoisotopic (exact) mass is 267 g/mol. The lowest BCUT2D eigenvalue weighted by atomic mass is 10.1. The predicted octanol–water partition coefficient (Wildman–Crippen LogP) is 1.87. The molecule has 2 heterocycles. The Hall–Kier alpha value is -1.40. The molecule has 2 N–H and O–H groups in total. The molecule has 0 saturated heterocycles. The zero-order valence-electron chi connectivity index (χ0n) is 9.69. The number of fused-ring (bicyclic) bond motifs is 1. The van der Waals surface area contributed by atoms with Crippen molar-refractivity contribution in [3.8, 4) is 0 Å². The van der Waals surface area contributed by atoms with Crippen LogP contribution in [0.4, 0.5) is 5.00 Å². The Bertz CT molecular complexity index is 518. The molecule has 1 fully saturated rings. The molecule has 1 aliphatic heterocycles. The number of carbonyl (C=O) groups excluding carboxylic acids is 1. The van der Waals surface area contributed by atoms with Crippen LogP contribution in [0.25, 0.3) is 0 Å². The van der Waals surface area contributed by atoms with Crippen LogP contribution in [-0.2, 0) is 22.6 Å². The quantitative estimate of drug-likeness (QED) is 0.876. The smallest absolute Gasteiger partial charge is 0.339 e. The number of hydrogen-bond donors (Lipinski definition) is 2. The summed E-state index contributed by atoms with van der Waals surface area (Å²) in [4.78, 5) is 24.0. The molecule has 1 saturated carbocycles. The van der Waals surface area contributed by atoms with Crippen molar-refractivity contribution < 1.29 is 19.4 Å². The van der Waals surface area contributed by atoms with Crippen molar-refractivity contribution >= 4 is 28.2 Å². The highest BCUT2D eigenvalue weighted by Crippen LogP contribution is 2.38. The van der Waals surface area contributed by atoms with E-state index in [-0.39, 0.29) is 17.4 Å². The topological polar surface area (TPSA) is 75.6 Å². The number of rotatable bonds is 3. The van der Waals surface area contributed by atoms with E-state index < -0.39 is 5.97 Å². The summed E-state index contributed by atoms with van der Waals surface area (Å²) in [5.74, 6) is -0.959. The maximum Gasteiger partial charge on any atom is 0.339 e. The van der Waals surface area contributed by atoms with Crippen molar-refractivity contribution in [3.63, 3.8) is 0 Å². The van der Waals surface area contributed by atoms with Crippen LogP contribution in [0.3, 0.4) is 0 Å². The van der Waals surface area contributed by atoms with Gasteiger partial charge in [0.15, 0.2) is 0 Å². The Labute approximate surface area is 108 Å². The lowest BCUT2D eigenvalue weighted by molar-refractivity contribution is -0.117. The Kier molecular flexibility index (Phi) is 2.83. The second kappa shape index (κ2) is 4.37. The number of anilines is 1. The van der Waals surface area contributed by atoms with E-state index in [0.717, 1.165) is 23.3 Å². The maximum atomic E-state index is 11.7. The lowest BCUT2D eigenvalue weighted by Crippen LogP contribution is -2.16. The first-order valence-electron chi connectivity index (χ1n) is 5.93. The van der Waals surface area contributed by atoms with Gasteiger partial charge in [-0.3, -0.25) is 4.79 Å². The van der Waals surface area contributed by atoms with Gasteiger partial charge in [0, 0.05) is 10.8 Å². The summed E-state index contributed by atoms with van der Waals surface area (Å²) in [6.07, 6.45) is 2.41. The van der Waals surface area contributed by atoms with E-state index in [1.54, 1.807) is 0 Å². The molecule has 1 aliphatic carbocycles. The summed E-state index contributed by atoms with van der Waals surface area (Å²) < 4.78 is 5.31. The van der Waals surface area contributed by atoms with E-state index in [4.69, 9.17) is 4.74 Å². The van der Waals surface area contributed by atoms with Gasteiger partial charge in [0.05, 0.1) is 18.8 Å². The van der Waals surface area contributed by atoms with Crippen molar-refractivity contribution in [1.29, 1.82) is 0 Å². The Morgan fingerprint density at radius 3 is 2.83 bits per heavy atom. The molecular weight excluding hydrogens is 254 g/mol. The van der Waals surface area contributed by atoms with Crippen LogP contribution in [0.15, 0.2) is 0 Å². The molecule has 0 bridgehead atoms. The van der Waals surface area contributed by atoms with E-state index >= 15 is 0 Å². The highest BCUT2D eigenvalue weighted by molar-refractivity contribution is 7.17. The molecule has 0 atom stereocenters. The summed E-state index contributed by atoms with van der Waals surface area (Å²) in [7, 11) is 0. The number of aromatic carboxylic acids is 1. The molecule has 6 heteroatoms. The molecule has 0 spiro atoms. The third-order valence-electron chi connectivity index (χ3n) is 3.22. The molecule has 1 aromatic rings. The van der Waals surface area contributed by atoms with Gasteiger partial charge in [-0.15, -0.1) is 11.3 Å². The zero-order valence-corrected chi connectivity index (χ0v) is 10.5. The van der Waals surface area contributed by atoms with E-state index in [9.17, 15) is 14.7 Å². The Morgan fingerprint density at radius 1 is 1.39 bits per heavy atom. The van der Waals surface area contributed by atoms with Gasteiger partial charge in [-0.25, -0.2) is 4.79 Å². The fourth-order valence-electron chi connectivity index (χ4n) is 2.11. The van der Waals surface area contributed by atoms with Crippen molar-refractivity contribution in [2.75, 3.05) is 11.9 Å². The second-order valence-corrected chi connectivity index (χ2v) is 5.68. The summed E-state index contributed by atoms with van der Waals surface area (Å²) in [5.41, 5.74) is 1.08. The number of nitrogens with one attached hydrogen (secondary N) is 1. The highest BCUT2D eigenvalue weighted by atomic mass is 32.1. The van der Waals surface area contributed by atoms with E-state index in [1.165, 1.54) is 11.3 Å². The number of carbonyl (C=O) groups is 2. The number of carboxylic acids is 1. The average Bonchev–Trinajstić information content (AvgIpc) is 3.10. The molecule has 3 rings (SSSR count). The fourth-order valence-corrected chi connectivity index (χ4v) is 3.29. The normalized spacial score (nSPS) is 18.2. The molecule has 1 aromatic heterocycles. The SMILES string of the molecule is O=C(O)c1c(NC(=O)C2CC2)sc2c1CCOC2. The van der Waals surface area contributed by atoms with Gasteiger partial charge in [0.1, 0.15) is 5.00 Å². The number of amides is 1. The first-order valence-corrected chi connectivity index (χ1v) is 6.75. The van der Waals surface area contributed by atoms with Crippen LogP contribution >= 0.6 is 11.3 Å². The molecule has 0 unspecified atom stereocenters. The minimum absolute atomic E-state index is 0.0583. The Morgan fingerprint density at radius 2 is 2.17 bits per heavy atom. The van der Waals surface area contributed by atoms with Crippen molar-refractivity contribution in [2.45, 2.75) is 25.9 Å². The van der Waals surface area contributed by atoms with E-state index in [1.807, 2.05) is 0 Å². The molecular formula is C12H13NO4S. The first kappa shape index (κ1) is 11.7. The van der Waals surface area contributed by atoms with Gasteiger partial charge in [-0.05, 0) is 24.8 Å². The number of thiophene rings is 1. The molecule has 0 radical (unpaired) electrons. The molecule has 96 valence electrons. The number of ether oxygens (including phenoxy) is 1. The molecule has 1 amide bonds. The summed E-state index contributed by atoms with van der Waals surface area (Å²) >= 11 is 1.33. The van der Waals surface area contributed by atoms with Gasteiger partial charge in [-0.2, -0.15) is 0 Å². The lowest BCUT2D eigenvalue weighted by Gasteiger charge is -2.11. The first-order chi connectivity index (χ1) is 8.66. The zero-order chi connectivity index (χ0) is 12.7. The van der Waals surface area contributed by atoms with Gasteiger partial charge in [0.25, 0.3) is 0 Å². The summed E-state index contributed by atoms with van der Waals surface area (Å²) in [5, 5.41) is 12.5. The molecule has 18 heavy (non-hydrogen) atoms. The van der Waals surface area contributed by atoms with E-state index in [2.05, 4.69) is 5.32 Å². The van der Waals surface area contributed by atoms with Crippen LogP contribution in [-0.4, -0.2) is 23.6 Å². The summed E-state index contributed by atoms with van der Waals surface area (Å²) in [6, 6.07) is 0. The summed E-state index contributed by atoms with van der Waals surface area (Å²) in [6.45, 7) is 0.986. The third kappa shape index (κ3) is 2.02. The fraction of sp³-hybridized carbons (Fsp3) is 0.500. The second-order valence-electron chi connectivity index (χ2n) is 4.58. The highest BCUT2D eigenvalue weighted by Gasteiger charge is 2.32. The van der Waals surface area contributed by atoms with Gasteiger partial charge in [-0.1, -0.05) is 0 Å². The van der Waals surface area contributed by atoms with Crippen molar-refractivity contribution in [3.05, 3.63) is 16.0 Å². The largest absolute Gasteiger partial charge is 0.478 e. The Balaban J connectivity index is 1.94. The van der Waals surface area contributed by atoms with Gasteiger partial charge >= 0.3 is 5.97 Å². The van der Waals surface area contributed by atoms with Gasteiger partial charge in [0.2, 0.25) is 5.91 Å². The van der Waals surface area contributed by atoms with E-state index in [0.29, 0.717) is 24.6 Å². The number of carboxylic acid groups (broad SMARTS) is 1. The van der Waals surface area contributed by atoms with Crippen LogP contribution in [0.1, 0.15) is 33.6 Å². The standard InChI is InChI=1S/C12H13NO4S/c14-10(6-1-2-6)13-11-9(12(15)16)7-3-4-17-5-8(7)18-11/h6H,1-5H2,(H,13,14)(H,15,16). The minimum atomic E-state index is -0.972. The third-order valence-corrected chi connectivity index (χ3v) is 4.34. The van der Waals surface area contributed by atoms with Crippen LogP contribution < -0.4 is 5.32 Å². The molecule has 0 aromatic carbocycles. The molecule has 2 aliphatic rings. The average molecular weight is 267 g/mol. The minimum Gasteiger partial charge on any atom is -0.478 e. The van der Waals surface area contributed by atoms with Crippen LogP contribution in [0.2, 0.25) is 0 Å². The van der Waals surface area contributed by atoms with Crippen molar-refractivity contribution in [1.82, 2.24) is 0 Å². The van der Waals surface area contributed by atoms with Crippen LogP contribution in [0, 0.1) is 5.92 Å². The number of hydrogen-bond acceptors (Lipinski definition) is 4. The van der Waals surface area contributed by atoms with Crippen LogP contribution in [0.5, 0.6) is 0 Å². The molecule has 5 nitrogen and oxygen atoms in total. The predicted molar refractivity (Wildman–Crippen MR) is 66.0 cm³/mol. The van der Waals surface area contributed by atoms with Crippen molar-refractivity contribution in [2.24, 2.45) is 5.92 Å². The maximum absolute atomic E-state index is 11.7. The van der Waals surface area contributed by atoms with Gasteiger partial charge < -0.3 is 15.2 Å².